The predicted octanol–water partition coefficient (Wildman–Crippen LogP) is 2.68. The van der Waals surface area contributed by atoms with Gasteiger partial charge in [0.25, 0.3) is 5.91 Å². The highest BCUT2D eigenvalue weighted by atomic mass is 16.2. The zero-order valence-electron chi connectivity index (χ0n) is 15.8. The Morgan fingerprint density at radius 2 is 1.86 bits per heavy atom. The molecule has 1 fully saturated rings. The topological polar surface area (TPSA) is 79.6 Å². The summed E-state index contributed by atoms with van der Waals surface area (Å²) >= 11 is 0. The van der Waals surface area contributed by atoms with Crippen LogP contribution in [0.4, 0.5) is 5.69 Å². The lowest BCUT2D eigenvalue weighted by Crippen LogP contribution is -2.41. The molecule has 0 aliphatic heterocycles. The van der Waals surface area contributed by atoms with Crippen molar-refractivity contribution < 1.29 is 9.59 Å². The second-order valence-electron chi connectivity index (χ2n) is 7.20. The molecule has 2 aromatic heterocycles. The monoisotopic (exact) mass is 377 g/mol. The van der Waals surface area contributed by atoms with Gasteiger partial charge in [0, 0.05) is 37.1 Å². The van der Waals surface area contributed by atoms with Crippen LogP contribution >= 0.6 is 0 Å². The molecule has 0 unspecified atom stereocenters. The van der Waals surface area contributed by atoms with Gasteiger partial charge in [0.1, 0.15) is 5.56 Å². The van der Waals surface area contributed by atoms with Crippen molar-refractivity contribution in [1.29, 1.82) is 0 Å². The zero-order chi connectivity index (χ0) is 19.5. The van der Waals surface area contributed by atoms with Crippen molar-refractivity contribution in [3.8, 4) is 0 Å². The summed E-state index contributed by atoms with van der Waals surface area (Å²) < 4.78 is 1.59. The maximum atomic E-state index is 12.8. The van der Waals surface area contributed by atoms with Crippen LogP contribution in [0.5, 0.6) is 0 Å². The number of aromatic nitrogens is 3. The van der Waals surface area contributed by atoms with Gasteiger partial charge in [-0.3, -0.25) is 9.59 Å². The fraction of sp³-hybridized carbons (Fsp3) is 0.333. The molecule has 7 heteroatoms. The second kappa shape index (κ2) is 7.80. The summed E-state index contributed by atoms with van der Waals surface area (Å²) in [6.45, 7) is 0. The number of rotatable bonds is 4. The number of benzene rings is 1. The number of hydrogen-bond acceptors (Lipinski definition) is 4. The lowest BCUT2D eigenvalue weighted by molar-refractivity contribution is -0.123. The number of carbonyl (C=O) groups excluding carboxylic acids is 2. The zero-order valence-corrected chi connectivity index (χ0v) is 15.8. The Morgan fingerprint density at radius 3 is 2.61 bits per heavy atom. The third kappa shape index (κ3) is 3.60. The molecule has 1 aliphatic carbocycles. The average Bonchev–Trinajstić information content (AvgIpc) is 3.18. The van der Waals surface area contributed by atoms with E-state index in [-0.39, 0.29) is 23.8 Å². The van der Waals surface area contributed by atoms with Crippen LogP contribution in [-0.4, -0.2) is 39.5 Å². The molecule has 1 aromatic carbocycles. The van der Waals surface area contributed by atoms with Gasteiger partial charge in [-0.25, -0.2) is 9.50 Å². The van der Waals surface area contributed by atoms with Gasteiger partial charge >= 0.3 is 0 Å². The van der Waals surface area contributed by atoms with E-state index in [4.69, 9.17) is 0 Å². The molecule has 2 heterocycles. The molecule has 2 amide bonds. The van der Waals surface area contributed by atoms with Gasteiger partial charge in [0.05, 0.1) is 6.20 Å². The average molecular weight is 377 g/mol. The first-order valence-electron chi connectivity index (χ1n) is 9.55. The van der Waals surface area contributed by atoms with Crippen LogP contribution in [0.2, 0.25) is 0 Å². The summed E-state index contributed by atoms with van der Waals surface area (Å²) in [7, 11) is 1.82. The minimum Gasteiger partial charge on any atom is -0.349 e. The van der Waals surface area contributed by atoms with Crippen molar-refractivity contribution in [3.05, 3.63) is 60.6 Å². The molecule has 0 spiro atoms. The molecule has 0 saturated heterocycles. The van der Waals surface area contributed by atoms with Crippen molar-refractivity contribution >= 4 is 23.1 Å². The van der Waals surface area contributed by atoms with E-state index in [1.165, 1.54) is 0 Å². The molecule has 144 valence electrons. The molecule has 7 nitrogen and oxygen atoms in total. The molecule has 0 bridgehead atoms. The summed E-state index contributed by atoms with van der Waals surface area (Å²) in [6, 6.07) is 11.5. The lowest BCUT2D eigenvalue weighted by atomic mass is 9.85. The number of fused-ring (bicyclic) bond motifs is 1. The molecule has 1 aliphatic rings. The van der Waals surface area contributed by atoms with Crippen LogP contribution in [0.3, 0.4) is 0 Å². The molecule has 3 aromatic rings. The molecule has 1 N–H and O–H groups in total. The van der Waals surface area contributed by atoms with Crippen LogP contribution in [0.1, 0.15) is 36.0 Å². The van der Waals surface area contributed by atoms with E-state index >= 15 is 0 Å². The summed E-state index contributed by atoms with van der Waals surface area (Å²) in [6.07, 6.45) is 8.07. The van der Waals surface area contributed by atoms with E-state index < -0.39 is 0 Å². The van der Waals surface area contributed by atoms with Gasteiger partial charge in [0.2, 0.25) is 5.91 Å². The molecule has 28 heavy (non-hydrogen) atoms. The lowest BCUT2D eigenvalue weighted by Gasteiger charge is -2.31. The molecular formula is C21H23N5O2. The minimum absolute atomic E-state index is 0.00278. The van der Waals surface area contributed by atoms with Gasteiger partial charge < -0.3 is 10.2 Å². The second-order valence-corrected chi connectivity index (χ2v) is 7.20. The first-order valence-corrected chi connectivity index (χ1v) is 9.55. The fourth-order valence-corrected chi connectivity index (χ4v) is 3.79. The normalized spacial score (nSPS) is 19.3. The van der Waals surface area contributed by atoms with Crippen LogP contribution < -0.4 is 10.2 Å². The van der Waals surface area contributed by atoms with Crippen LogP contribution in [0.25, 0.3) is 5.65 Å². The third-order valence-corrected chi connectivity index (χ3v) is 5.41. The number of amides is 2. The number of nitrogens with one attached hydrogen (secondary N) is 1. The molecule has 0 radical (unpaired) electrons. The van der Waals surface area contributed by atoms with Crippen molar-refractivity contribution in [2.45, 2.75) is 31.7 Å². The van der Waals surface area contributed by atoms with Crippen molar-refractivity contribution in [2.75, 3.05) is 11.9 Å². The summed E-state index contributed by atoms with van der Waals surface area (Å²) in [5.41, 5.74) is 1.93. The molecule has 4 rings (SSSR count). The highest BCUT2D eigenvalue weighted by Gasteiger charge is 2.30. The summed E-state index contributed by atoms with van der Waals surface area (Å²) in [4.78, 5) is 31.4. The predicted molar refractivity (Wildman–Crippen MR) is 106 cm³/mol. The summed E-state index contributed by atoms with van der Waals surface area (Å²) in [5.74, 6) is -0.0234. The number of carbonyl (C=O) groups is 2. The Labute approximate surface area is 163 Å². The van der Waals surface area contributed by atoms with E-state index in [1.807, 2.05) is 37.4 Å². The largest absolute Gasteiger partial charge is 0.349 e. The smallest absolute Gasteiger partial charge is 0.256 e. The quantitative estimate of drug-likeness (QED) is 0.758. The van der Waals surface area contributed by atoms with E-state index in [0.717, 1.165) is 31.4 Å². The van der Waals surface area contributed by atoms with Crippen molar-refractivity contribution in [1.82, 2.24) is 19.9 Å². The van der Waals surface area contributed by atoms with E-state index in [9.17, 15) is 9.59 Å². The Balaban J connectivity index is 1.34. The van der Waals surface area contributed by atoms with Crippen molar-refractivity contribution in [3.63, 3.8) is 0 Å². The van der Waals surface area contributed by atoms with E-state index in [2.05, 4.69) is 15.4 Å². The number of anilines is 1. The fourth-order valence-electron chi connectivity index (χ4n) is 3.79. The number of para-hydroxylation sites is 1. The molecular weight excluding hydrogens is 354 g/mol. The highest BCUT2D eigenvalue weighted by molar-refractivity contribution is 5.99. The summed E-state index contributed by atoms with van der Waals surface area (Å²) in [5, 5.41) is 7.24. The Morgan fingerprint density at radius 1 is 1.11 bits per heavy atom. The highest BCUT2D eigenvalue weighted by Crippen LogP contribution is 2.27. The van der Waals surface area contributed by atoms with E-state index in [0.29, 0.717) is 11.2 Å². The minimum atomic E-state index is -0.162. The van der Waals surface area contributed by atoms with Gasteiger partial charge in [-0.15, -0.1) is 0 Å². The van der Waals surface area contributed by atoms with Crippen LogP contribution in [0.15, 0.2) is 55.0 Å². The Bertz CT molecular complexity index is 977. The van der Waals surface area contributed by atoms with Crippen LogP contribution in [0, 0.1) is 5.92 Å². The number of nitrogens with zero attached hydrogens (tertiary/aromatic N) is 4. The third-order valence-electron chi connectivity index (χ3n) is 5.41. The van der Waals surface area contributed by atoms with Gasteiger partial charge in [0.15, 0.2) is 5.65 Å². The van der Waals surface area contributed by atoms with E-state index in [1.54, 1.807) is 34.1 Å². The Kier molecular flexibility index (Phi) is 5.06. The SMILES string of the molecule is CN(c1ccccc1)C(=O)[C@H]1CC[C@H](NC(=O)c2cnn3cccnc23)CC1. The first-order chi connectivity index (χ1) is 13.6. The van der Waals surface area contributed by atoms with Crippen molar-refractivity contribution in [2.24, 2.45) is 5.92 Å². The Hall–Kier alpha value is -3.22. The van der Waals surface area contributed by atoms with Crippen LogP contribution in [-0.2, 0) is 4.79 Å². The van der Waals surface area contributed by atoms with Gasteiger partial charge in [-0.2, -0.15) is 5.10 Å². The van der Waals surface area contributed by atoms with Gasteiger partial charge in [-0.05, 0) is 43.9 Å². The standard InChI is InChI=1S/C21H23N5O2/c1-25(17-6-3-2-4-7-17)21(28)15-8-10-16(11-9-15)24-20(27)18-14-23-26-13-5-12-22-19(18)26/h2-7,12-16H,8-11H2,1H3,(H,24,27)/t15-,16-. The number of hydrogen-bond donors (Lipinski definition) is 1. The maximum absolute atomic E-state index is 12.8. The first kappa shape index (κ1) is 18.2. The molecule has 0 atom stereocenters. The molecule has 1 saturated carbocycles. The maximum Gasteiger partial charge on any atom is 0.256 e. The van der Waals surface area contributed by atoms with Gasteiger partial charge in [-0.1, -0.05) is 18.2 Å².